The predicted molar refractivity (Wildman–Crippen MR) is 66.2 cm³/mol. The Labute approximate surface area is 95.8 Å². The molecule has 2 rings (SSSR count). The van der Waals surface area contributed by atoms with Gasteiger partial charge in [-0.3, -0.25) is 0 Å². The van der Waals surface area contributed by atoms with Crippen LogP contribution in [0.4, 0.5) is 0 Å². The molecule has 0 aliphatic carbocycles. The van der Waals surface area contributed by atoms with Crippen molar-refractivity contribution in [1.29, 1.82) is 0 Å². The SMILES string of the molecule is OBc1ccc(OCc2ccccc2)cc1. The van der Waals surface area contributed by atoms with E-state index in [1.165, 1.54) is 0 Å². The van der Waals surface area contributed by atoms with Crippen molar-refractivity contribution < 1.29 is 9.76 Å². The molecule has 0 aromatic heterocycles. The first-order chi connectivity index (χ1) is 7.88. The van der Waals surface area contributed by atoms with Gasteiger partial charge in [-0.05, 0) is 17.7 Å². The monoisotopic (exact) mass is 212 g/mol. The second kappa shape index (κ2) is 5.38. The van der Waals surface area contributed by atoms with Crippen LogP contribution in [-0.2, 0) is 6.61 Å². The fourth-order valence-electron chi connectivity index (χ4n) is 1.43. The predicted octanol–water partition coefficient (Wildman–Crippen LogP) is 1.23. The first kappa shape index (κ1) is 10.8. The second-order valence-corrected chi connectivity index (χ2v) is 3.58. The average molecular weight is 212 g/mol. The molecule has 80 valence electrons. The van der Waals surface area contributed by atoms with E-state index >= 15 is 0 Å². The molecule has 0 aliphatic rings. The lowest BCUT2D eigenvalue weighted by Gasteiger charge is -2.06. The van der Waals surface area contributed by atoms with Gasteiger partial charge < -0.3 is 9.76 Å². The van der Waals surface area contributed by atoms with Crippen LogP contribution in [0.15, 0.2) is 54.6 Å². The van der Waals surface area contributed by atoms with Crippen LogP contribution in [0.5, 0.6) is 5.75 Å². The van der Waals surface area contributed by atoms with Crippen molar-refractivity contribution in [2.24, 2.45) is 0 Å². The fourth-order valence-corrected chi connectivity index (χ4v) is 1.43. The molecule has 0 bridgehead atoms. The lowest BCUT2D eigenvalue weighted by Crippen LogP contribution is -2.12. The van der Waals surface area contributed by atoms with Crippen LogP contribution >= 0.6 is 0 Å². The molecule has 2 nitrogen and oxygen atoms in total. The minimum atomic E-state index is 0.0684. The molecule has 3 heteroatoms. The van der Waals surface area contributed by atoms with Crippen LogP contribution in [-0.4, -0.2) is 12.5 Å². The van der Waals surface area contributed by atoms with Gasteiger partial charge in [-0.2, -0.15) is 0 Å². The van der Waals surface area contributed by atoms with Gasteiger partial charge in [0, 0.05) is 0 Å². The summed E-state index contributed by atoms with van der Waals surface area (Å²) in [5.41, 5.74) is 2.04. The van der Waals surface area contributed by atoms with E-state index in [0.717, 1.165) is 16.8 Å². The summed E-state index contributed by atoms with van der Waals surface area (Å²) in [6.07, 6.45) is 0. The van der Waals surface area contributed by atoms with Crippen LogP contribution in [0.25, 0.3) is 0 Å². The van der Waals surface area contributed by atoms with Gasteiger partial charge >= 0.3 is 7.48 Å². The molecule has 2 aromatic carbocycles. The highest BCUT2D eigenvalue weighted by Gasteiger charge is 1.96. The van der Waals surface area contributed by atoms with Gasteiger partial charge in [-0.1, -0.05) is 47.9 Å². The maximum Gasteiger partial charge on any atom is 0.304 e. The summed E-state index contributed by atoms with van der Waals surface area (Å²) >= 11 is 0. The molecule has 2 aromatic rings. The smallest absolute Gasteiger partial charge is 0.304 e. The van der Waals surface area contributed by atoms with E-state index in [2.05, 4.69) is 0 Å². The number of hydrogen-bond acceptors (Lipinski definition) is 2. The summed E-state index contributed by atoms with van der Waals surface area (Å²) in [5.74, 6) is 0.820. The molecule has 0 fully saturated rings. The fraction of sp³-hybridized carbons (Fsp3) is 0.0769. The molecule has 0 spiro atoms. The number of benzene rings is 2. The summed E-state index contributed by atoms with van der Waals surface area (Å²) in [5, 5.41) is 8.90. The lowest BCUT2D eigenvalue weighted by atomic mass is 9.89. The quantitative estimate of drug-likeness (QED) is 0.772. The largest absolute Gasteiger partial charge is 0.489 e. The first-order valence-corrected chi connectivity index (χ1v) is 5.25. The van der Waals surface area contributed by atoms with E-state index in [1.807, 2.05) is 54.6 Å². The summed E-state index contributed by atoms with van der Waals surface area (Å²) in [7, 11) is 0.0684. The normalized spacial score (nSPS) is 9.81. The maximum absolute atomic E-state index is 8.90. The number of rotatable bonds is 4. The standard InChI is InChI=1S/C13H13BO2/c15-14-12-6-8-13(9-7-12)16-10-11-4-2-1-3-5-11/h1-9,14-15H,10H2. The van der Waals surface area contributed by atoms with Crippen LogP contribution in [0, 0.1) is 0 Å². The highest BCUT2D eigenvalue weighted by atomic mass is 16.5. The minimum absolute atomic E-state index is 0.0684. The Kier molecular flexibility index (Phi) is 3.62. The zero-order chi connectivity index (χ0) is 11.2. The van der Waals surface area contributed by atoms with Crippen molar-refractivity contribution in [3.8, 4) is 5.75 Å². The topological polar surface area (TPSA) is 29.5 Å². The lowest BCUT2D eigenvalue weighted by molar-refractivity contribution is 0.306. The van der Waals surface area contributed by atoms with Gasteiger partial charge in [-0.15, -0.1) is 0 Å². The molecule has 1 N–H and O–H groups in total. The molecule has 0 amide bonds. The summed E-state index contributed by atoms with van der Waals surface area (Å²) < 4.78 is 5.61. The summed E-state index contributed by atoms with van der Waals surface area (Å²) in [6.45, 7) is 0.569. The zero-order valence-corrected chi connectivity index (χ0v) is 8.97. The molecule has 0 unspecified atom stereocenters. The van der Waals surface area contributed by atoms with Crippen LogP contribution in [0.1, 0.15) is 5.56 Å². The van der Waals surface area contributed by atoms with Gasteiger partial charge in [0.15, 0.2) is 0 Å². The number of hydrogen-bond donors (Lipinski definition) is 1. The zero-order valence-electron chi connectivity index (χ0n) is 8.97. The van der Waals surface area contributed by atoms with Gasteiger partial charge in [0.2, 0.25) is 0 Å². The van der Waals surface area contributed by atoms with Crippen molar-refractivity contribution >= 4 is 12.9 Å². The Morgan fingerprint density at radius 1 is 0.938 bits per heavy atom. The van der Waals surface area contributed by atoms with E-state index in [1.54, 1.807) is 0 Å². The van der Waals surface area contributed by atoms with E-state index in [-0.39, 0.29) is 7.48 Å². The molecule has 0 saturated heterocycles. The molecule has 0 saturated carbocycles. The highest BCUT2D eigenvalue weighted by molar-refractivity contribution is 6.45. The molecule has 0 heterocycles. The molecule has 0 aliphatic heterocycles. The Hall–Kier alpha value is -1.74. The Morgan fingerprint density at radius 3 is 2.25 bits per heavy atom. The van der Waals surface area contributed by atoms with Gasteiger partial charge in [-0.25, -0.2) is 0 Å². The summed E-state index contributed by atoms with van der Waals surface area (Å²) in [6, 6.07) is 17.5. The molecule has 16 heavy (non-hydrogen) atoms. The third-order valence-corrected chi connectivity index (χ3v) is 2.35. The van der Waals surface area contributed by atoms with Gasteiger partial charge in [0.25, 0.3) is 0 Å². The second-order valence-electron chi connectivity index (χ2n) is 3.58. The Morgan fingerprint density at radius 2 is 1.62 bits per heavy atom. The van der Waals surface area contributed by atoms with E-state index in [9.17, 15) is 0 Å². The minimum Gasteiger partial charge on any atom is -0.489 e. The molecular weight excluding hydrogens is 199 g/mol. The molecular formula is C13H13BO2. The van der Waals surface area contributed by atoms with Crippen LogP contribution in [0.2, 0.25) is 0 Å². The van der Waals surface area contributed by atoms with Gasteiger partial charge in [0.05, 0.1) is 0 Å². The van der Waals surface area contributed by atoms with Crippen LogP contribution < -0.4 is 10.2 Å². The molecule has 0 atom stereocenters. The van der Waals surface area contributed by atoms with E-state index < -0.39 is 0 Å². The van der Waals surface area contributed by atoms with E-state index in [4.69, 9.17) is 9.76 Å². The maximum atomic E-state index is 8.90. The van der Waals surface area contributed by atoms with Crippen molar-refractivity contribution in [2.45, 2.75) is 6.61 Å². The molecule has 0 radical (unpaired) electrons. The first-order valence-electron chi connectivity index (χ1n) is 5.25. The van der Waals surface area contributed by atoms with Crippen LogP contribution in [0.3, 0.4) is 0 Å². The van der Waals surface area contributed by atoms with Crippen molar-refractivity contribution in [1.82, 2.24) is 0 Å². The van der Waals surface area contributed by atoms with Crippen molar-refractivity contribution in [2.75, 3.05) is 0 Å². The van der Waals surface area contributed by atoms with Gasteiger partial charge in [0.1, 0.15) is 12.4 Å². The van der Waals surface area contributed by atoms with E-state index in [0.29, 0.717) is 6.61 Å². The summed E-state index contributed by atoms with van der Waals surface area (Å²) in [4.78, 5) is 0. The van der Waals surface area contributed by atoms with Crippen molar-refractivity contribution in [3.05, 3.63) is 60.2 Å². The third-order valence-electron chi connectivity index (χ3n) is 2.35. The highest BCUT2D eigenvalue weighted by Crippen LogP contribution is 2.10. The van der Waals surface area contributed by atoms with Crippen molar-refractivity contribution in [3.63, 3.8) is 0 Å². The third kappa shape index (κ3) is 2.88. The number of ether oxygens (including phenoxy) is 1. The Bertz CT molecular complexity index is 425. The Balaban J connectivity index is 1.94. The average Bonchev–Trinajstić information content (AvgIpc) is 2.38.